The highest BCUT2D eigenvalue weighted by atomic mass is 16.5. The minimum Gasteiger partial charge on any atom is -0.383 e. The number of nitrogens with zero attached hydrogens (tertiary/aromatic N) is 3. The molecule has 0 aromatic carbocycles. The Hall–Kier alpha value is -1.89. The van der Waals surface area contributed by atoms with Gasteiger partial charge in [-0.3, -0.25) is 14.3 Å². The molecule has 0 radical (unpaired) electrons. The van der Waals surface area contributed by atoms with Gasteiger partial charge in [-0.15, -0.1) is 0 Å². The van der Waals surface area contributed by atoms with Gasteiger partial charge in [-0.25, -0.2) is 0 Å². The van der Waals surface area contributed by atoms with Crippen LogP contribution in [0.15, 0.2) is 6.07 Å². The molecule has 0 unspecified atom stereocenters. The summed E-state index contributed by atoms with van der Waals surface area (Å²) in [5.74, 6) is 0.434. The summed E-state index contributed by atoms with van der Waals surface area (Å²) in [7, 11) is 3.41. The first kappa shape index (κ1) is 28.1. The van der Waals surface area contributed by atoms with Crippen LogP contribution in [0.2, 0.25) is 0 Å². The van der Waals surface area contributed by atoms with Crippen LogP contribution < -0.4 is 5.32 Å². The number of amides is 2. The molecule has 0 bridgehead atoms. The van der Waals surface area contributed by atoms with E-state index in [-0.39, 0.29) is 23.8 Å². The zero-order valence-corrected chi connectivity index (χ0v) is 21.3. The van der Waals surface area contributed by atoms with Gasteiger partial charge >= 0.3 is 0 Å². The summed E-state index contributed by atoms with van der Waals surface area (Å²) in [6.07, 6.45) is 11.4. The zero-order valence-electron chi connectivity index (χ0n) is 21.3. The van der Waals surface area contributed by atoms with Crippen molar-refractivity contribution in [1.29, 1.82) is 0 Å². The Morgan fingerprint density at radius 2 is 1.66 bits per heavy atom. The van der Waals surface area contributed by atoms with Crippen LogP contribution in [0.3, 0.4) is 0 Å². The largest absolute Gasteiger partial charge is 0.383 e. The van der Waals surface area contributed by atoms with Crippen molar-refractivity contribution in [3.63, 3.8) is 0 Å². The number of unbranched alkanes of at least 4 members (excludes halogenated alkanes) is 8. The lowest BCUT2D eigenvalue weighted by molar-refractivity contribution is -0.135. The first-order chi connectivity index (χ1) is 15.2. The lowest BCUT2D eigenvalue weighted by Gasteiger charge is -2.22. The normalized spacial score (nSPS) is 11.6. The summed E-state index contributed by atoms with van der Waals surface area (Å²) < 4.78 is 6.81. The number of hydrogen-bond donors (Lipinski definition) is 1. The molecular weight excluding hydrogens is 404 g/mol. The van der Waals surface area contributed by atoms with Gasteiger partial charge in [-0.05, 0) is 6.42 Å². The SMILES string of the molecule is CCCCCCCCCCCC(=O)N(CCOC)CC(=O)Nc1cc(C(C)(C)C)nn1C. The number of aromatic nitrogens is 2. The molecule has 1 N–H and O–H groups in total. The summed E-state index contributed by atoms with van der Waals surface area (Å²) in [6.45, 7) is 9.33. The Morgan fingerprint density at radius 1 is 1.06 bits per heavy atom. The van der Waals surface area contributed by atoms with E-state index in [0.717, 1.165) is 18.5 Å². The van der Waals surface area contributed by atoms with Crippen molar-refractivity contribution in [2.24, 2.45) is 7.05 Å². The number of ether oxygens (including phenoxy) is 1. The molecule has 1 heterocycles. The maximum Gasteiger partial charge on any atom is 0.245 e. The molecule has 0 atom stereocenters. The van der Waals surface area contributed by atoms with Gasteiger partial charge in [0.1, 0.15) is 5.82 Å². The number of hydrogen-bond acceptors (Lipinski definition) is 4. The average Bonchev–Trinajstić information content (AvgIpc) is 3.10. The third-order valence-electron chi connectivity index (χ3n) is 5.66. The van der Waals surface area contributed by atoms with Crippen molar-refractivity contribution in [1.82, 2.24) is 14.7 Å². The maximum absolute atomic E-state index is 12.7. The van der Waals surface area contributed by atoms with E-state index >= 15 is 0 Å². The highest BCUT2D eigenvalue weighted by Crippen LogP contribution is 2.23. The van der Waals surface area contributed by atoms with Crippen molar-refractivity contribution in [3.8, 4) is 0 Å². The van der Waals surface area contributed by atoms with Gasteiger partial charge in [0.2, 0.25) is 11.8 Å². The molecule has 0 saturated carbocycles. The minimum absolute atomic E-state index is 0.0144. The molecule has 2 amide bonds. The van der Waals surface area contributed by atoms with Crippen LogP contribution in [0.25, 0.3) is 0 Å². The van der Waals surface area contributed by atoms with E-state index in [2.05, 4.69) is 38.1 Å². The van der Waals surface area contributed by atoms with Gasteiger partial charge in [0.15, 0.2) is 0 Å². The summed E-state index contributed by atoms with van der Waals surface area (Å²) in [5.41, 5.74) is 0.810. The number of carbonyl (C=O) groups excluding carboxylic acids is 2. The molecule has 184 valence electrons. The number of anilines is 1. The molecule has 1 aromatic rings. The van der Waals surface area contributed by atoms with Crippen LogP contribution in [-0.4, -0.2) is 53.3 Å². The van der Waals surface area contributed by atoms with Gasteiger partial charge in [-0.2, -0.15) is 5.10 Å². The first-order valence-electron chi connectivity index (χ1n) is 12.3. The Bertz CT molecular complexity index is 679. The fraction of sp³-hybridized carbons (Fsp3) is 0.800. The molecule has 1 aromatic heterocycles. The van der Waals surface area contributed by atoms with E-state index in [1.54, 1.807) is 16.7 Å². The Morgan fingerprint density at radius 3 is 2.19 bits per heavy atom. The summed E-state index contributed by atoms with van der Waals surface area (Å²) in [4.78, 5) is 27.0. The number of carbonyl (C=O) groups is 2. The molecule has 0 aliphatic carbocycles. The molecule has 32 heavy (non-hydrogen) atoms. The Balaban J connectivity index is 2.46. The molecule has 7 heteroatoms. The lowest BCUT2D eigenvalue weighted by atomic mass is 9.92. The van der Waals surface area contributed by atoms with Crippen molar-refractivity contribution >= 4 is 17.6 Å². The van der Waals surface area contributed by atoms with E-state index in [4.69, 9.17) is 4.74 Å². The number of nitrogens with one attached hydrogen (secondary N) is 1. The summed E-state index contributed by atoms with van der Waals surface area (Å²) in [6, 6.07) is 1.89. The van der Waals surface area contributed by atoms with Crippen molar-refractivity contribution < 1.29 is 14.3 Å². The van der Waals surface area contributed by atoms with E-state index < -0.39 is 0 Å². The van der Waals surface area contributed by atoms with Crippen LogP contribution in [0, 0.1) is 0 Å². The second-order valence-corrected chi connectivity index (χ2v) is 9.72. The monoisotopic (exact) mass is 450 g/mol. The van der Waals surface area contributed by atoms with Gasteiger partial charge < -0.3 is 15.0 Å². The zero-order chi connectivity index (χ0) is 24.0. The van der Waals surface area contributed by atoms with Crippen molar-refractivity contribution in [2.45, 2.75) is 97.3 Å². The van der Waals surface area contributed by atoms with Gasteiger partial charge in [0, 0.05) is 38.6 Å². The van der Waals surface area contributed by atoms with E-state index in [1.165, 1.54) is 44.9 Å². The van der Waals surface area contributed by atoms with Crippen molar-refractivity contribution in [3.05, 3.63) is 11.8 Å². The van der Waals surface area contributed by atoms with E-state index in [1.807, 2.05) is 13.1 Å². The first-order valence-corrected chi connectivity index (χ1v) is 12.3. The highest BCUT2D eigenvalue weighted by molar-refractivity contribution is 5.94. The molecule has 1 rings (SSSR count). The predicted octanol–water partition coefficient (Wildman–Crippen LogP) is 5.05. The van der Waals surface area contributed by atoms with Crippen LogP contribution in [-0.2, 0) is 26.8 Å². The standard InChI is InChI=1S/C25H46N4O3/c1-7-8-9-10-11-12-13-14-15-16-24(31)29(17-18-32-6)20-23(30)26-22-19-21(25(2,3)4)27-28(22)5/h19H,7-18,20H2,1-6H3,(H,26,30). The molecule has 0 saturated heterocycles. The third-order valence-corrected chi connectivity index (χ3v) is 5.66. The number of rotatable bonds is 16. The second kappa shape index (κ2) is 15.0. The topological polar surface area (TPSA) is 76.5 Å². The fourth-order valence-corrected chi connectivity index (χ4v) is 3.54. The highest BCUT2D eigenvalue weighted by Gasteiger charge is 2.21. The Kier molecular flexibility index (Phi) is 13.2. The minimum atomic E-state index is -0.218. The third kappa shape index (κ3) is 11.1. The second-order valence-electron chi connectivity index (χ2n) is 9.72. The fourth-order valence-electron chi connectivity index (χ4n) is 3.54. The smallest absolute Gasteiger partial charge is 0.245 e. The van der Waals surface area contributed by atoms with Crippen LogP contribution in [0.1, 0.15) is 97.6 Å². The number of aryl methyl sites for hydroxylation is 1. The number of methoxy groups -OCH3 is 1. The molecule has 0 aliphatic rings. The molecular formula is C25H46N4O3. The van der Waals surface area contributed by atoms with E-state index in [9.17, 15) is 9.59 Å². The van der Waals surface area contributed by atoms with E-state index in [0.29, 0.717) is 25.4 Å². The Labute approximate surface area is 195 Å². The van der Waals surface area contributed by atoms with Gasteiger partial charge in [-0.1, -0.05) is 79.1 Å². The van der Waals surface area contributed by atoms with Crippen LogP contribution in [0.4, 0.5) is 5.82 Å². The van der Waals surface area contributed by atoms with Crippen LogP contribution >= 0.6 is 0 Å². The molecule has 0 aliphatic heterocycles. The summed E-state index contributed by atoms with van der Waals surface area (Å²) >= 11 is 0. The lowest BCUT2D eigenvalue weighted by Crippen LogP contribution is -2.40. The molecule has 0 spiro atoms. The predicted molar refractivity (Wildman–Crippen MR) is 131 cm³/mol. The van der Waals surface area contributed by atoms with Crippen LogP contribution in [0.5, 0.6) is 0 Å². The molecule has 0 fully saturated rings. The maximum atomic E-state index is 12.7. The average molecular weight is 451 g/mol. The summed E-state index contributed by atoms with van der Waals surface area (Å²) in [5, 5.41) is 7.38. The van der Waals surface area contributed by atoms with Crippen molar-refractivity contribution in [2.75, 3.05) is 32.1 Å². The van der Waals surface area contributed by atoms with Gasteiger partial charge in [0.25, 0.3) is 0 Å². The quantitative estimate of drug-likeness (QED) is 0.358. The molecule has 7 nitrogen and oxygen atoms in total. The van der Waals surface area contributed by atoms with Gasteiger partial charge in [0.05, 0.1) is 18.8 Å².